The molecule has 8 nitrogen and oxygen atoms in total. The van der Waals surface area contributed by atoms with Crippen LogP contribution in [0.1, 0.15) is 11.1 Å². The van der Waals surface area contributed by atoms with Gasteiger partial charge in [0.2, 0.25) is 5.91 Å². The van der Waals surface area contributed by atoms with Crippen molar-refractivity contribution < 1.29 is 27.4 Å². The Labute approximate surface area is 241 Å². The first kappa shape index (κ1) is 29.3. The highest BCUT2D eigenvalue weighted by atomic mass is 19.4. The smallest absolute Gasteiger partial charge is 0.416 e. The fourth-order valence-corrected chi connectivity index (χ4v) is 5.09. The Kier molecular flexibility index (Phi) is 8.60. The molecule has 1 amide bonds. The van der Waals surface area contributed by atoms with E-state index in [1.807, 2.05) is 12.1 Å². The quantitative estimate of drug-likeness (QED) is 0.309. The first-order valence-electron chi connectivity index (χ1n) is 13.6. The van der Waals surface area contributed by atoms with Gasteiger partial charge in [0, 0.05) is 49.7 Å². The van der Waals surface area contributed by atoms with E-state index in [9.17, 15) is 18.0 Å². The summed E-state index contributed by atoms with van der Waals surface area (Å²) in [5.74, 6) is 0.510. The van der Waals surface area contributed by atoms with Crippen molar-refractivity contribution in [2.75, 3.05) is 53.5 Å². The van der Waals surface area contributed by atoms with Gasteiger partial charge in [-0.1, -0.05) is 30.3 Å². The van der Waals surface area contributed by atoms with Gasteiger partial charge in [0.15, 0.2) is 11.5 Å². The number of aromatic nitrogens is 2. The molecule has 2 N–H and O–H groups in total. The zero-order valence-electron chi connectivity index (χ0n) is 23.4. The van der Waals surface area contributed by atoms with Gasteiger partial charge in [-0.05, 0) is 41.9 Å². The van der Waals surface area contributed by atoms with Gasteiger partial charge in [0.1, 0.15) is 12.9 Å². The number of rotatable bonds is 9. The van der Waals surface area contributed by atoms with Crippen LogP contribution in [0.3, 0.4) is 0 Å². The number of carbonyl (C=O) groups excluding carboxylic acids is 1. The Morgan fingerprint density at radius 2 is 1.67 bits per heavy atom. The molecular formula is C31H32F3N5O3. The number of piperazine rings is 1. The number of hydrogen-bond acceptors (Lipinski definition) is 7. The molecule has 0 atom stereocenters. The van der Waals surface area contributed by atoms with Gasteiger partial charge in [-0.2, -0.15) is 13.2 Å². The van der Waals surface area contributed by atoms with Crippen LogP contribution in [0.2, 0.25) is 0 Å². The lowest BCUT2D eigenvalue weighted by Crippen LogP contribution is -2.45. The highest BCUT2D eigenvalue weighted by Crippen LogP contribution is 2.37. The first-order valence-corrected chi connectivity index (χ1v) is 13.6. The Morgan fingerprint density at radius 3 is 2.33 bits per heavy atom. The Balaban J connectivity index is 1.41. The molecule has 4 aromatic rings. The number of ether oxygens (including phenoxy) is 2. The predicted octanol–water partition coefficient (Wildman–Crippen LogP) is 4.65. The van der Waals surface area contributed by atoms with Gasteiger partial charge in [-0.15, -0.1) is 0 Å². The van der Waals surface area contributed by atoms with Crippen molar-refractivity contribution in [2.24, 2.45) is 5.73 Å². The minimum absolute atomic E-state index is 0.175. The molecule has 5 rings (SSSR count). The lowest BCUT2D eigenvalue weighted by molar-refractivity contribution is -0.137. The minimum Gasteiger partial charge on any atom is -0.493 e. The summed E-state index contributed by atoms with van der Waals surface area (Å²) in [6.07, 6.45) is -3.23. The van der Waals surface area contributed by atoms with Crippen LogP contribution >= 0.6 is 0 Å². The molecule has 0 saturated carbocycles. The third kappa shape index (κ3) is 6.63. The number of benzene rings is 3. The van der Waals surface area contributed by atoms with Crippen LogP contribution in [0.4, 0.5) is 13.2 Å². The van der Waals surface area contributed by atoms with E-state index in [2.05, 4.69) is 26.8 Å². The number of primary amides is 1. The fraction of sp³-hybridized carbons (Fsp3) is 0.323. The highest BCUT2D eigenvalue weighted by molar-refractivity contribution is 5.94. The average Bonchev–Trinajstić information content (AvgIpc) is 2.97. The van der Waals surface area contributed by atoms with Crippen LogP contribution in [0.5, 0.6) is 11.5 Å². The maximum absolute atomic E-state index is 13.4. The molecule has 220 valence electrons. The van der Waals surface area contributed by atoms with Crippen LogP contribution in [-0.4, -0.2) is 79.2 Å². The van der Waals surface area contributed by atoms with E-state index in [0.29, 0.717) is 46.0 Å². The van der Waals surface area contributed by atoms with Crippen LogP contribution in [0.15, 0.2) is 60.9 Å². The topological polar surface area (TPSA) is 93.8 Å². The molecule has 1 aromatic heterocycles. The molecular weight excluding hydrogens is 547 g/mol. The van der Waals surface area contributed by atoms with E-state index in [1.165, 1.54) is 12.4 Å². The molecule has 1 saturated heterocycles. The molecule has 2 heterocycles. The molecule has 0 unspecified atom stereocenters. The van der Waals surface area contributed by atoms with E-state index in [1.54, 1.807) is 31.4 Å². The number of fused-ring (bicyclic) bond motifs is 1. The minimum atomic E-state index is -4.52. The molecule has 1 fully saturated rings. The molecule has 3 aromatic carbocycles. The van der Waals surface area contributed by atoms with Crippen molar-refractivity contribution in [3.63, 3.8) is 0 Å². The van der Waals surface area contributed by atoms with E-state index in [-0.39, 0.29) is 6.42 Å². The van der Waals surface area contributed by atoms with Crippen LogP contribution < -0.4 is 15.2 Å². The number of nitrogens with two attached hydrogens (primary N) is 1. The Morgan fingerprint density at radius 1 is 0.952 bits per heavy atom. The zero-order valence-corrected chi connectivity index (χ0v) is 23.4. The third-order valence-corrected chi connectivity index (χ3v) is 7.45. The van der Waals surface area contributed by atoms with Gasteiger partial charge in [-0.25, -0.2) is 9.97 Å². The molecule has 0 bridgehead atoms. The molecule has 42 heavy (non-hydrogen) atoms. The van der Waals surface area contributed by atoms with Gasteiger partial charge in [-0.3, -0.25) is 9.69 Å². The average molecular weight is 580 g/mol. The summed E-state index contributed by atoms with van der Waals surface area (Å²) < 4.78 is 52.0. The molecule has 1 aliphatic rings. The second-order valence-corrected chi connectivity index (χ2v) is 10.3. The number of carbonyl (C=O) groups is 1. The Bertz CT molecular complexity index is 1570. The van der Waals surface area contributed by atoms with Crippen molar-refractivity contribution in [3.8, 4) is 33.9 Å². The summed E-state index contributed by atoms with van der Waals surface area (Å²) >= 11 is 0. The maximum atomic E-state index is 13.4. The molecule has 0 aliphatic carbocycles. The van der Waals surface area contributed by atoms with Crippen molar-refractivity contribution in [1.29, 1.82) is 0 Å². The van der Waals surface area contributed by atoms with Gasteiger partial charge < -0.3 is 20.1 Å². The van der Waals surface area contributed by atoms with Crippen molar-refractivity contribution in [3.05, 3.63) is 72.1 Å². The summed E-state index contributed by atoms with van der Waals surface area (Å²) in [4.78, 5) is 25.2. The van der Waals surface area contributed by atoms with E-state index in [4.69, 9.17) is 15.2 Å². The monoisotopic (exact) mass is 579 g/mol. The summed E-state index contributed by atoms with van der Waals surface area (Å²) in [7, 11) is 3.70. The number of methoxy groups -OCH3 is 1. The van der Waals surface area contributed by atoms with Crippen molar-refractivity contribution in [2.45, 2.75) is 12.6 Å². The van der Waals surface area contributed by atoms with Crippen LogP contribution in [-0.2, 0) is 17.4 Å². The van der Waals surface area contributed by atoms with Crippen molar-refractivity contribution in [1.82, 2.24) is 19.8 Å². The predicted molar refractivity (Wildman–Crippen MR) is 154 cm³/mol. The zero-order chi connectivity index (χ0) is 29.9. The Hall–Kier alpha value is -4.22. The fourth-order valence-electron chi connectivity index (χ4n) is 5.09. The number of halogens is 3. The molecule has 0 spiro atoms. The van der Waals surface area contributed by atoms with E-state index < -0.39 is 17.6 Å². The standard InChI is InChI=1S/C31H32F3N5O3/c1-38-9-11-39(12-10-38)13-14-42-28-18-26-25(17-27(28)41-2)30(37-19-36-26)21-5-3-20(4-6-21)24-16-23(31(32,33)34)8-7-22(24)15-29(35)40/h3-8,16-19H,9-15H2,1-2H3,(H2,35,40). The van der Waals surface area contributed by atoms with Crippen LogP contribution in [0, 0.1) is 0 Å². The lowest BCUT2D eigenvalue weighted by Gasteiger charge is -2.32. The summed E-state index contributed by atoms with van der Waals surface area (Å²) in [5, 5.41) is 0.738. The van der Waals surface area contributed by atoms with Gasteiger partial charge in [0.25, 0.3) is 0 Å². The lowest BCUT2D eigenvalue weighted by atomic mass is 9.94. The van der Waals surface area contributed by atoms with E-state index >= 15 is 0 Å². The maximum Gasteiger partial charge on any atom is 0.416 e. The summed E-state index contributed by atoms with van der Waals surface area (Å²) in [6.45, 7) is 5.40. The first-order chi connectivity index (χ1) is 20.1. The second-order valence-electron chi connectivity index (χ2n) is 10.3. The normalized spacial score (nSPS) is 14.7. The van der Waals surface area contributed by atoms with Crippen LogP contribution in [0.25, 0.3) is 33.3 Å². The number of amides is 1. The summed E-state index contributed by atoms with van der Waals surface area (Å²) in [5.41, 5.74) is 7.82. The largest absolute Gasteiger partial charge is 0.493 e. The molecule has 11 heteroatoms. The van der Waals surface area contributed by atoms with Crippen molar-refractivity contribution >= 4 is 16.8 Å². The number of nitrogens with zero attached hydrogens (tertiary/aromatic N) is 4. The third-order valence-electron chi connectivity index (χ3n) is 7.45. The number of likely N-dealkylation sites (N-methyl/N-ethyl adjacent to an activating group) is 1. The van der Waals surface area contributed by atoms with Gasteiger partial charge >= 0.3 is 6.18 Å². The van der Waals surface area contributed by atoms with Gasteiger partial charge in [0.05, 0.1) is 30.3 Å². The second kappa shape index (κ2) is 12.3. The molecule has 1 aliphatic heterocycles. The van der Waals surface area contributed by atoms with E-state index in [0.717, 1.165) is 55.8 Å². The number of alkyl halides is 3. The SMILES string of the molecule is COc1cc2c(-c3ccc(-c4cc(C(F)(F)F)ccc4CC(N)=O)cc3)ncnc2cc1OCCN1CCN(C)CC1. The number of hydrogen-bond donors (Lipinski definition) is 1. The highest BCUT2D eigenvalue weighted by Gasteiger charge is 2.31. The summed E-state index contributed by atoms with van der Waals surface area (Å²) in [6, 6.07) is 13.9. The molecule has 0 radical (unpaired) electrons.